The van der Waals surface area contributed by atoms with Crippen molar-refractivity contribution in [1.29, 1.82) is 0 Å². The number of nitrogens with zero attached hydrogens (tertiary/aromatic N) is 3. The zero-order valence-electron chi connectivity index (χ0n) is 12.9. The van der Waals surface area contributed by atoms with E-state index in [9.17, 15) is 4.39 Å². The van der Waals surface area contributed by atoms with Crippen LogP contribution in [0.25, 0.3) is 0 Å². The molecule has 1 aromatic heterocycles. The lowest BCUT2D eigenvalue weighted by molar-refractivity contribution is 0.386. The topological polar surface area (TPSA) is 38.2 Å². The third-order valence-corrected chi connectivity index (χ3v) is 5.50. The second kappa shape index (κ2) is 7.88. The van der Waals surface area contributed by atoms with E-state index in [1.54, 1.807) is 24.2 Å². The Balaban J connectivity index is 1.65. The summed E-state index contributed by atoms with van der Waals surface area (Å²) in [5.74, 6) is 3.84. The standard InChI is InChI=1S/C16H18FN3OS2/c1-21-14-3-2-12(8-13(14)17)10-23-16-9-15(18-11-19-16)20-4-6-22-7-5-20/h2-3,8-9,11H,4-7,10H2,1H3. The van der Waals surface area contributed by atoms with Gasteiger partial charge in [0.1, 0.15) is 17.2 Å². The Labute approximate surface area is 143 Å². The van der Waals surface area contributed by atoms with Gasteiger partial charge < -0.3 is 9.64 Å². The van der Waals surface area contributed by atoms with Crippen LogP contribution < -0.4 is 9.64 Å². The first-order valence-corrected chi connectivity index (χ1v) is 9.50. The molecule has 0 aliphatic carbocycles. The molecule has 23 heavy (non-hydrogen) atoms. The van der Waals surface area contributed by atoms with Crippen molar-refractivity contribution in [3.63, 3.8) is 0 Å². The zero-order valence-corrected chi connectivity index (χ0v) is 14.5. The van der Waals surface area contributed by atoms with E-state index in [4.69, 9.17) is 4.74 Å². The Hall–Kier alpha value is -1.47. The molecule has 0 amide bonds. The Morgan fingerprint density at radius 2 is 2.09 bits per heavy atom. The minimum atomic E-state index is -0.334. The number of hydrogen-bond acceptors (Lipinski definition) is 6. The van der Waals surface area contributed by atoms with Gasteiger partial charge in [0, 0.05) is 36.4 Å². The van der Waals surface area contributed by atoms with Crippen LogP contribution in [0.2, 0.25) is 0 Å². The first-order chi connectivity index (χ1) is 11.3. The smallest absolute Gasteiger partial charge is 0.165 e. The van der Waals surface area contributed by atoms with Crippen LogP contribution in [0.3, 0.4) is 0 Å². The molecule has 0 atom stereocenters. The highest BCUT2D eigenvalue weighted by atomic mass is 32.2. The van der Waals surface area contributed by atoms with Crippen LogP contribution in [-0.2, 0) is 5.75 Å². The normalized spacial score (nSPS) is 14.8. The minimum absolute atomic E-state index is 0.269. The largest absolute Gasteiger partial charge is 0.494 e. The predicted molar refractivity (Wildman–Crippen MR) is 94.1 cm³/mol. The monoisotopic (exact) mass is 351 g/mol. The fraction of sp³-hybridized carbons (Fsp3) is 0.375. The number of anilines is 1. The van der Waals surface area contributed by atoms with E-state index in [2.05, 4.69) is 14.9 Å². The number of methoxy groups -OCH3 is 1. The Morgan fingerprint density at radius 1 is 1.26 bits per heavy atom. The van der Waals surface area contributed by atoms with Gasteiger partial charge in [-0.05, 0) is 17.7 Å². The van der Waals surface area contributed by atoms with Crippen LogP contribution >= 0.6 is 23.5 Å². The van der Waals surface area contributed by atoms with E-state index in [0.29, 0.717) is 5.75 Å². The molecular weight excluding hydrogens is 333 g/mol. The van der Waals surface area contributed by atoms with E-state index in [0.717, 1.165) is 41.0 Å². The van der Waals surface area contributed by atoms with E-state index in [1.807, 2.05) is 23.9 Å². The maximum Gasteiger partial charge on any atom is 0.165 e. The van der Waals surface area contributed by atoms with Gasteiger partial charge >= 0.3 is 0 Å². The number of rotatable bonds is 5. The molecule has 2 aromatic rings. The van der Waals surface area contributed by atoms with Gasteiger partial charge in [-0.25, -0.2) is 14.4 Å². The fourth-order valence-electron chi connectivity index (χ4n) is 2.33. The van der Waals surface area contributed by atoms with Crippen molar-refractivity contribution in [3.8, 4) is 5.75 Å². The summed E-state index contributed by atoms with van der Waals surface area (Å²) in [5.41, 5.74) is 0.905. The molecule has 0 unspecified atom stereocenters. The van der Waals surface area contributed by atoms with Crippen molar-refractivity contribution in [3.05, 3.63) is 42.0 Å². The average Bonchev–Trinajstić information content (AvgIpc) is 2.61. The molecule has 1 aromatic carbocycles. The molecule has 1 aliphatic heterocycles. The lowest BCUT2D eigenvalue weighted by Gasteiger charge is -2.27. The molecule has 4 nitrogen and oxygen atoms in total. The molecule has 0 N–H and O–H groups in total. The predicted octanol–water partition coefficient (Wildman–Crippen LogP) is 3.47. The lowest BCUT2D eigenvalue weighted by Crippen LogP contribution is -2.33. The third kappa shape index (κ3) is 4.29. The van der Waals surface area contributed by atoms with Crippen LogP contribution in [-0.4, -0.2) is 41.7 Å². The van der Waals surface area contributed by atoms with E-state index < -0.39 is 0 Å². The second-order valence-corrected chi connectivity index (χ2v) is 7.29. The zero-order chi connectivity index (χ0) is 16.1. The Bertz CT molecular complexity index is 666. The van der Waals surface area contributed by atoms with Gasteiger partial charge in [-0.1, -0.05) is 6.07 Å². The highest BCUT2D eigenvalue weighted by Crippen LogP contribution is 2.26. The average molecular weight is 351 g/mol. The number of halogens is 1. The molecule has 122 valence electrons. The number of ether oxygens (including phenoxy) is 1. The van der Waals surface area contributed by atoms with Gasteiger partial charge in [0.05, 0.1) is 7.11 Å². The van der Waals surface area contributed by atoms with Crippen LogP contribution in [0.15, 0.2) is 35.6 Å². The Kier molecular flexibility index (Phi) is 5.61. The molecule has 1 aliphatic rings. The number of benzene rings is 1. The maximum absolute atomic E-state index is 13.7. The quantitative estimate of drug-likeness (QED) is 0.607. The first-order valence-electron chi connectivity index (χ1n) is 7.36. The van der Waals surface area contributed by atoms with Crippen LogP contribution in [0.1, 0.15) is 5.56 Å². The van der Waals surface area contributed by atoms with E-state index in [1.165, 1.54) is 13.2 Å². The fourth-order valence-corrected chi connectivity index (χ4v) is 4.04. The highest BCUT2D eigenvalue weighted by molar-refractivity contribution is 7.99. The van der Waals surface area contributed by atoms with Crippen molar-refractivity contribution in [2.45, 2.75) is 10.8 Å². The molecule has 0 bridgehead atoms. The summed E-state index contributed by atoms with van der Waals surface area (Å²) in [6.07, 6.45) is 1.61. The SMILES string of the molecule is COc1ccc(CSc2cc(N3CCSCC3)ncn2)cc1F. The summed E-state index contributed by atoms with van der Waals surface area (Å²) in [7, 11) is 1.47. The van der Waals surface area contributed by atoms with Crippen molar-refractivity contribution >= 4 is 29.3 Å². The summed E-state index contributed by atoms with van der Waals surface area (Å²) in [6, 6.07) is 7.05. The molecule has 0 radical (unpaired) electrons. The van der Waals surface area contributed by atoms with Gasteiger partial charge in [0.2, 0.25) is 0 Å². The number of thioether (sulfide) groups is 2. The summed E-state index contributed by atoms with van der Waals surface area (Å²) in [6.45, 7) is 2.05. The maximum atomic E-state index is 13.7. The molecule has 2 heterocycles. The van der Waals surface area contributed by atoms with E-state index in [-0.39, 0.29) is 11.6 Å². The second-order valence-electron chi connectivity index (χ2n) is 5.07. The van der Waals surface area contributed by atoms with E-state index >= 15 is 0 Å². The van der Waals surface area contributed by atoms with Gasteiger partial charge in [-0.3, -0.25) is 0 Å². The Morgan fingerprint density at radius 3 is 2.83 bits per heavy atom. The van der Waals surface area contributed by atoms with Crippen LogP contribution in [0, 0.1) is 5.82 Å². The van der Waals surface area contributed by atoms with Crippen molar-refractivity contribution < 1.29 is 9.13 Å². The van der Waals surface area contributed by atoms with Gasteiger partial charge in [-0.2, -0.15) is 11.8 Å². The molecule has 0 spiro atoms. The van der Waals surface area contributed by atoms with Crippen LogP contribution in [0.5, 0.6) is 5.75 Å². The lowest BCUT2D eigenvalue weighted by atomic mass is 10.2. The van der Waals surface area contributed by atoms with Gasteiger partial charge in [-0.15, -0.1) is 11.8 Å². The molecule has 1 saturated heterocycles. The summed E-state index contributed by atoms with van der Waals surface area (Å²) < 4.78 is 18.7. The summed E-state index contributed by atoms with van der Waals surface area (Å²) in [4.78, 5) is 11.0. The van der Waals surface area contributed by atoms with Crippen LogP contribution in [0.4, 0.5) is 10.2 Å². The van der Waals surface area contributed by atoms with Gasteiger partial charge in [0.15, 0.2) is 11.6 Å². The minimum Gasteiger partial charge on any atom is -0.494 e. The van der Waals surface area contributed by atoms with Crippen molar-refractivity contribution in [2.75, 3.05) is 36.6 Å². The summed E-state index contributed by atoms with van der Waals surface area (Å²) >= 11 is 3.56. The number of aromatic nitrogens is 2. The van der Waals surface area contributed by atoms with Crippen molar-refractivity contribution in [2.24, 2.45) is 0 Å². The molecule has 1 fully saturated rings. The molecule has 7 heteroatoms. The third-order valence-electron chi connectivity index (χ3n) is 3.57. The van der Waals surface area contributed by atoms with Crippen molar-refractivity contribution in [1.82, 2.24) is 9.97 Å². The first kappa shape index (κ1) is 16.4. The molecule has 0 saturated carbocycles. The molecular formula is C16H18FN3OS2. The molecule has 3 rings (SSSR count). The van der Waals surface area contributed by atoms with Gasteiger partial charge in [0.25, 0.3) is 0 Å². The highest BCUT2D eigenvalue weighted by Gasteiger charge is 2.13. The summed E-state index contributed by atoms with van der Waals surface area (Å²) in [5, 5.41) is 0.907. The number of hydrogen-bond donors (Lipinski definition) is 0.